The highest BCUT2D eigenvalue weighted by atomic mass is 16.5. The van der Waals surface area contributed by atoms with Crippen LogP contribution >= 0.6 is 0 Å². The molecule has 2 unspecified atom stereocenters. The van der Waals surface area contributed by atoms with E-state index in [1.54, 1.807) is 0 Å². The normalized spacial score (nSPS) is 25.2. The van der Waals surface area contributed by atoms with Gasteiger partial charge in [-0.2, -0.15) is 0 Å². The molecule has 0 spiro atoms. The van der Waals surface area contributed by atoms with Gasteiger partial charge in [0, 0.05) is 12.1 Å². The molecule has 0 radical (unpaired) electrons. The second-order valence-corrected chi connectivity index (χ2v) is 8.98. The van der Waals surface area contributed by atoms with E-state index < -0.39 is 0 Å². The zero-order valence-electron chi connectivity index (χ0n) is 18.0. The third-order valence-corrected chi connectivity index (χ3v) is 6.91. The van der Waals surface area contributed by atoms with E-state index in [9.17, 15) is 0 Å². The smallest absolute Gasteiger partial charge is 0.0828 e. The van der Waals surface area contributed by atoms with Crippen molar-refractivity contribution in [2.24, 2.45) is 0 Å². The highest BCUT2D eigenvalue weighted by Crippen LogP contribution is 2.39. The minimum absolute atomic E-state index is 0.228. The Balaban J connectivity index is 1.36. The van der Waals surface area contributed by atoms with Crippen molar-refractivity contribution in [2.75, 3.05) is 6.54 Å². The fourth-order valence-electron chi connectivity index (χ4n) is 5.39. The lowest BCUT2D eigenvalue weighted by Gasteiger charge is -2.40. The largest absolute Gasteiger partial charge is 0.370 e. The topological polar surface area (TPSA) is 12.5 Å². The predicted molar refractivity (Wildman–Crippen MR) is 121 cm³/mol. The maximum atomic E-state index is 6.82. The van der Waals surface area contributed by atoms with Gasteiger partial charge in [-0.25, -0.2) is 0 Å². The van der Waals surface area contributed by atoms with E-state index in [2.05, 4.69) is 72.5 Å². The van der Waals surface area contributed by atoms with Crippen LogP contribution in [0.5, 0.6) is 0 Å². The van der Waals surface area contributed by atoms with Gasteiger partial charge in [0.1, 0.15) is 0 Å². The summed E-state index contributed by atoms with van der Waals surface area (Å²) in [5, 5.41) is 0. The zero-order chi connectivity index (χ0) is 19.9. The van der Waals surface area contributed by atoms with Crippen molar-refractivity contribution >= 4 is 0 Å². The summed E-state index contributed by atoms with van der Waals surface area (Å²) < 4.78 is 6.82. The summed E-state index contributed by atoms with van der Waals surface area (Å²) >= 11 is 0. The van der Waals surface area contributed by atoms with Crippen molar-refractivity contribution in [1.29, 1.82) is 0 Å². The molecule has 0 saturated carbocycles. The Morgan fingerprint density at radius 2 is 1.55 bits per heavy atom. The minimum atomic E-state index is 0.228. The molecule has 0 N–H and O–H groups in total. The van der Waals surface area contributed by atoms with E-state index in [1.807, 2.05) is 0 Å². The second kappa shape index (κ2) is 10.4. The van der Waals surface area contributed by atoms with Crippen LogP contribution < -0.4 is 0 Å². The van der Waals surface area contributed by atoms with Crippen molar-refractivity contribution in [3.63, 3.8) is 0 Å². The molecule has 2 fully saturated rings. The van der Waals surface area contributed by atoms with Gasteiger partial charge in [-0.05, 0) is 69.0 Å². The van der Waals surface area contributed by atoms with Crippen LogP contribution in [0.3, 0.4) is 0 Å². The van der Waals surface area contributed by atoms with Crippen molar-refractivity contribution in [3.8, 4) is 0 Å². The van der Waals surface area contributed by atoms with Gasteiger partial charge < -0.3 is 4.74 Å². The van der Waals surface area contributed by atoms with Crippen LogP contribution in [0, 0.1) is 0 Å². The van der Waals surface area contributed by atoms with Gasteiger partial charge >= 0.3 is 0 Å². The van der Waals surface area contributed by atoms with E-state index in [1.165, 1.54) is 62.6 Å². The number of benzene rings is 2. The van der Waals surface area contributed by atoms with Gasteiger partial charge in [0.2, 0.25) is 0 Å². The van der Waals surface area contributed by atoms with Crippen LogP contribution in [-0.2, 0) is 11.2 Å². The van der Waals surface area contributed by atoms with Gasteiger partial charge in [0.15, 0.2) is 0 Å². The van der Waals surface area contributed by atoms with Crippen LogP contribution in [0.2, 0.25) is 0 Å². The number of aryl methyl sites for hydroxylation is 1. The van der Waals surface area contributed by atoms with Crippen LogP contribution in [0.4, 0.5) is 0 Å². The number of hydrogen-bond donors (Lipinski definition) is 0. The number of ether oxygens (including phenoxy) is 1. The molecule has 4 atom stereocenters. The summed E-state index contributed by atoms with van der Waals surface area (Å²) in [6.07, 6.45) is 11.9. The van der Waals surface area contributed by atoms with Crippen LogP contribution in [0.1, 0.15) is 75.5 Å². The number of rotatable bonds is 10. The van der Waals surface area contributed by atoms with E-state index in [0.29, 0.717) is 6.10 Å². The maximum absolute atomic E-state index is 6.82. The third-order valence-electron chi connectivity index (χ3n) is 6.91. The van der Waals surface area contributed by atoms with Crippen molar-refractivity contribution in [3.05, 3.63) is 71.8 Å². The molecule has 2 saturated heterocycles. The van der Waals surface area contributed by atoms with Crippen molar-refractivity contribution in [1.82, 2.24) is 4.90 Å². The van der Waals surface area contributed by atoms with E-state index >= 15 is 0 Å². The minimum Gasteiger partial charge on any atom is -0.370 e. The first-order chi connectivity index (χ1) is 14.3. The molecule has 2 aromatic rings. The highest BCUT2D eigenvalue weighted by Gasteiger charge is 2.41. The Morgan fingerprint density at radius 1 is 0.897 bits per heavy atom. The summed E-state index contributed by atoms with van der Waals surface area (Å²) in [6, 6.07) is 23.3. The average Bonchev–Trinajstić information content (AvgIpc) is 3.00. The number of nitrogens with zero attached hydrogens (tertiary/aromatic N) is 1. The molecule has 2 aliphatic heterocycles. The number of fused-ring (bicyclic) bond motifs is 2. The van der Waals surface area contributed by atoms with Crippen molar-refractivity contribution < 1.29 is 4.74 Å². The molecule has 0 aliphatic carbocycles. The summed E-state index contributed by atoms with van der Waals surface area (Å²) in [6.45, 7) is 3.59. The molecule has 29 heavy (non-hydrogen) atoms. The van der Waals surface area contributed by atoms with Gasteiger partial charge in [-0.1, -0.05) is 74.0 Å². The number of unbranched alkanes of at least 4 members (excludes halogenated alkanes) is 1. The molecule has 0 aromatic heterocycles. The fourth-order valence-corrected chi connectivity index (χ4v) is 5.39. The quantitative estimate of drug-likeness (QED) is 0.454. The molecule has 2 aliphatic rings. The summed E-state index contributed by atoms with van der Waals surface area (Å²) in [7, 11) is 0. The predicted octanol–water partition coefficient (Wildman–Crippen LogP) is 6.56. The summed E-state index contributed by atoms with van der Waals surface area (Å²) in [5.74, 6) is 0. The standard InChI is InChI=1S/C27H37NO/c1-2-3-19-28-24-17-18-25(28)21-26(20-24)29-27(23-14-8-5-9-15-23)16-10-13-22-11-6-4-7-12-22/h4-9,11-12,14-15,24-27H,2-3,10,13,16-21H2,1H3/t24-,25+,26?,27?. The zero-order valence-corrected chi connectivity index (χ0v) is 18.0. The Hall–Kier alpha value is -1.64. The first-order valence-corrected chi connectivity index (χ1v) is 11.8. The Bertz CT molecular complexity index is 702. The van der Waals surface area contributed by atoms with Gasteiger partial charge in [0.25, 0.3) is 0 Å². The highest BCUT2D eigenvalue weighted by molar-refractivity contribution is 5.18. The molecule has 2 aromatic carbocycles. The maximum Gasteiger partial charge on any atom is 0.0828 e. The van der Waals surface area contributed by atoms with Crippen molar-refractivity contribution in [2.45, 2.75) is 89.0 Å². The molecule has 0 amide bonds. The number of hydrogen-bond acceptors (Lipinski definition) is 2. The van der Waals surface area contributed by atoms with Gasteiger partial charge in [-0.15, -0.1) is 0 Å². The third kappa shape index (κ3) is 5.49. The van der Waals surface area contributed by atoms with Crippen LogP contribution in [0.25, 0.3) is 0 Å². The van der Waals surface area contributed by atoms with Crippen LogP contribution in [-0.4, -0.2) is 29.6 Å². The Labute approximate surface area is 177 Å². The molecular formula is C27H37NO. The van der Waals surface area contributed by atoms with E-state index in [0.717, 1.165) is 24.9 Å². The van der Waals surface area contributed by atoms with E-state index in [-0.39, 0.29) is 6.10 Å². The van der Waals surface area contributed by atoms with Gasteiger partial charge in [0.05, 0.1) is 12.2 Å². The Morgan fingerprint density at radius 3 is 2.21 bits per heavy atom. The molecular weight excluding hydrogens is 354 g/mol. The first-order valence-electron chi connectivity index (χ1n) is 11.8. The van der Waals surface area contributed by atoms with Gasteiger partial charge in [-0.3, -0.25) is 4.90 Å². The average molecular weight is 392 g/mol. The Kier molecular flexibility index (Phi) is 7.40. The van der Waals surface area contributed by atoms with E-state index in [4.69, 9.17) is 4.74 Å². The van der Waals surface area contributed by atoms with Crippen LogP contribution in [0.15, 0.2) is 60.7 Å². The molecule has 2 heterocycles. The second-order valence-electron chi connectivity index (χ2n) is 8.98. The monoisotopic (exact) mass is 391 g/mol. The fraction of sp³-hybridized carbons (Fsp3) is 0.556. The molecule has 156 valence electrons. The molecule has 2 bridgehead atoms. The SMILES string of the molecule is CCCCN1[C@@H]2CC[C@H]1CC(OC(CCCc1ccccc1)c1ccccc1)C2. The summed E-state index contributed by atoms with van der Waals surface area (Å²) in [4.78, 5) is 2.80. The lowest BCUT2D eigenvalue weighted by atomic mass is 9.97. The molecule has 2 nitrogen and oxygen atoms in total. The lowest BCUT2D eigenvalue weighted by molar-refractivity contribution is -0.0659. The molecule has 4 rings (SSSR count). The first kappa shape index (κ1) is 20.6. The number of piperidine rings is 1. The lowest BCUT2D eigenvalue weighted by Crippen LogP contribution is -2.46. The molecule has 2 heteroatoms. The summed E-state index contributed by atoms with van der Waals surface area (Å²) in [5.41, 5.74) is 2.78.